The van der Waals surface area contributed by atoms with Gasteiger partial charge in [-0.05, 0) is 11.6 Å². The van der Waals surface area contributed by atoms with E-state index in [1.807, 2.05) is 30.3 Å². The van der Waals surface area contributed by atoms with E-state index in [0.29, 0.717) is 0 Å². The molecule has 0 saturated heterocycles. The second-order valence-electron chi connectivity index (χ2n) is 4.07. The van der Waals surface area contributed by atoms with Crippen LogP contribution in [-0.4, -0.2) is 11.7 Å². The molecule has 0 heterocycles. The summed E-state index contributed by atoms with van der Waals surface area (Å²) in [4.78, 5) is 0. The predicted octanol–water partition coefficient (Wildman–Crippen LogP) is 3.50. The van der Waals surface area contributed by atoms with E-state index < -0.39 is 12.9 Å². The summed E-state index contributed by atoms with van der Waals surface area (Å²) in [5, 5.41) is 9.93. The van der Waals surface area contributed by atoms with Gasteiger partial charge in [0.1, 0.15) is 5.75 Å². The van der Waals surface area contributed by atoms with Crippen LogP contribution >= 0.6 is 0 Å². The van der Waals surface area contributed by atoms with Gasteiger partial charge in [0.15, 0.2) is 6.29 Å². The zero-order valence-corrected chi connectivity index (χ0v) is 10.6. The lowest BCUT2D eigenvalue weighted by atomic mass is 10.2. The number of para-hydroxylation sites is 1. The highest BCUT2D eigenvalue weighted by Gasteiger charge is 2.16. The molecule has 0 aliphatic heterocycles. The number of ether oxygens (including phenoxy) is 2. The second kappa shape index (κ2) is 6.98. The van der Waals surface area contributed by atoms with Crippen LogP contribution < -0.4 is 4.74 Å². The Morgan fingerprint density at radius 1 is 0.950 bits per heavy atom. The van der Waals surface area contributed by atoms with Crippen molar-refractivity contribution in [2.24, 2.45) is 0 Å². The Morgan fingerprint density at radius 3 is 2.30 bits per heavy atom. The maximum Gasteiger partial charge on any atom is 0.387 e. The van der Waals surface area contributed by atoms with E-state index >= 15 is 0 Å². The Labute approximate surface area is 115 Å². The Hall–Kier alpha value is -1.98. The fourth-order valence-corrected chi connectivity index (χ4v) is 1.73. The Balaban J connectivity index is 2.03. The lowest BCUT2D eigenvalue weighted by Gasteiger charge is -2.16. The van der Waals surface area contributed by atoms with Gasteiger partial charge in [0.25, 0.3) is 0 Å². The van der Waals surface area contributed by atoms with E-state index in [4.69, 9.17) is 4.74 Å². The third kappa shape index (κ3) is 4.01. The predicted molar refractivity (Wildman–Crippen MR) is 69.3 cm³/mol. The minimum absolute atomic E-state index is 0.0944. The van der Waals surface area contributed by atoms with Crippen molar-refractivity contribution < 1.29 is 23.4 Å². The Bertz CT molecular complexity index is 532. The lowest BCUT2D eigenvalue weighted by molar-refractivity contribution is -0.116. The standard InChI is InChI=1S/C15H14F2O3/c16-15(17)20-13-9-5-4-8-12(13)14(18)19-10-11-6-2-1-3-7-11/h1-9,14-15,18H,10H2. The van der Waals surface area contributed by atoms with Gasteiger partial charge >= 0.3 is 6.61 Å². The van der Waals surface area contributed by atoms with Gasteiger partial charge in [-0.2, -0.15) is 8.78 Å². The van der Waals surface area contributed by atoms with Gasteiger partial charge in [-0.15, -0.1) is 0 Å². The van der Waals surface area contributed by atoms with Gasteiger partial charge in [0, 0.05) is 5.56 Å². The summed E-state index contributed by atoms with van der Waals surface area (Å²) in [7, 11) is 0. The van der Waals surface area contributed by atoms with E-state index in [-0.39, 0.29) is 17.9 Å². The molecule has 1 unspecified atom stereocenters. The van der Waals surface area contributed by atoms with Crippen LogP contribution in [0.5, 0.6) is 5.75 Å². The highest BCUT2D eigenvalue weighted by molar-refractivity contribution is 5.34. The van der Waals surface area contributed by atoms with Crippen molar-refractivity contribution >= 4 is 0 Å². The highest BCUT2D eigenvalue weighted by Crippen LogP contribution is 2.27. The Kier molecular flexibility index (Phi) is 5.03. The van der Waals surface area contributed by atoms with Crippen molar-refractivity contribution in [3.63, 3.8) is 0 Å². The quantitative estimate of drug-likeness (QED) is 0.823. The van der Waals surface area contributed by atoms with Crippen LogP contribution in [0.1, 0.15) is 17.4 Å². The first kappa shape index (κ1) is 14.4. The van der Waals surface area contributed by atoms with Crippen LogP contribution in [0.3, 0.4) is 0 Å². The molecule has 20 heavy (non-hydrogen) atoms. The van der Waals surface area contributed by atoms with Crippen molar-refractivity contribution in [1.82, 2.24) is 0 Å². The maximum absolute atomic E-state index is 12.3. The summed E-state index contributed by atoms with van der Waals surface area (Å²) in [5.74, 6) is -0.0944. The molecule has 0 spiro atoms. The van der Waals surface area contributed by atoms with Crippen LogP contribution in [-0.2, 0) is 11.3 Å². The van der Waals surface area contributed by atoms with E-state index in [9.17, 15) is 13.9 Å². The smallest absolute Gasteiger partial charge is 0.387 e. The van der Waals surface area contributed by atoms with E-state index in [1.165, 1.54) is 12.1 Å². The van der Waals surface area contributed by atoms with Crippen molar-refractivity contribution in [2.45, 2.75) is 19.5 Å². The molecule has 0 aliphatic carbocycles. The maximum atomic E-state index is 12.3. The molecule has 0 aromatic heterocycles. The van der Waals surface area contributed by atoms with Gasteiger partial charge < -0.3 is 14.6 Å². The van der Waals surface area contributed by atoms with Crippen molar-refractivity contribution in [1.29, 1.82) is 0 Å². The number of hydrogen-bond acceptors (Lipinski definition) is 3. The molecule has 0 saturated carbocycles. The van der Waals surface area contributed by atoms with Crippen LogP contribution in [0.4, 0.5) is 8.78 Å². The third-order valence-corrected chi connectivity index (χ3v) is 2.65. The zero-order chi connectivity index (χ0) is 14.4. The number of rotatable bonds is 6. The summed E-state index contributed by atoms with van der Waals surface area (Å²) in [6.07, 6.45) is -1.33. The topological polar surface area (TPSA) is 38.7 Å². The first-order valence-corrected chi connectivity index (χ1v) is 6.04. The van der Waals surface area contributed by atoms with Crippen LogP contribution in [0.2, 0.25) is 0 Å². The van der Waals surface area contributed by atoms with Crippen LogP contribution in [0, 0.1) is 0 Å². The molecule has 1 N–H and O–H groups in total. The molecule has 3 nitrogen and oxygen atoms in total. The van der Waals surface area contributed by atoms with Crippen molar-refractivity contribution in [2.75, 3.05) is 0 Å². The average Bonchev–Trinajstić information content (AvgIpc) is 2.46. The minimum Gasteiger partial charge on any atom is -0.434 e. The Morgan fingerprint density at radius 2 is 1.60 bits per heavy atom. The fourth-order valence-electron chi connectivity index (χ4n) is 1.73. The van der Waals surface area contributed by atoms with Gasteiger partial charge in [-0.25, -0.2) is 0 Å². The van der Waals surface area contributed by atoms with Gasteiger partial charge in [-0.3, -0.25) is 0 Å². The van der Waals surface area contributed by atoms with E-state index in [0.717, 1.165) is 5.56 Å². The second-order valence-corrected chi connectivity index (χ2v) is 4.07. The van der Waals surface area contributed by atoms with E-state index in [1.54, 1.807) is 12.1 Å². The molecule has 0 amide bonds. The molecule has 2 aromatic rings. The largest absolute Gasteiger partial charge is 0.434 e. The molecular formula is C15H14F2O3. The molecule has 2 rings (SSSR count). The lowest BCUT2D eigenvalue weighted by Crippen LogP contribution is -2.09. The summed E-state index contributed by atoms with van der Waals surface area (Å²) in [6.45, 7) is -2.78. The van der Waals surface area contributed by atoms with E-state index in [2.05, 4.69) is 4.74 Å². The summed E-state index contributed by atoms with van der Waals surface area (Å²) in [6, 6.07) is 15.2. The van der Waals surface area contributed by atoms with Gasteiger partial charge in [0.2, 0.25) is 0 Å². The summed E-state index contributed by atoms with van der Waals surface area (Å²) in [5.41, 5.74) is 1.04. The number of aliphatic hydroxyl groups is 1. The number of aliphatic hydroxyl groups excluding tert-OH is 1. The molecular weight excluding hydrogens is 266 g/mol. The first-order chi connectivity index (χ1) is 9.66. The number of alkyl halides is 2. The monoisotopic (exact) mass is 280 g/mol. The third-order valence-electron chi connectivity index (χ3n) is 2.65. The number of benzene rings is 2. The van der Waals surface area contributed by atoms with Gasteiger partial charge in [-0.1, -0.05) is 48.5 Å². The van der Waals surface area contributed by atoms with Crippen LogP contribution in [0.15, 0.2) is 54.6 Å². The van der Waals surface area contributed by atoms with Crippen LogP contribution in [0.25, 0.3) is 0 Å². The SMILES string of the molecule is OC(OCc1ccccc1)c1ccccc1OC(F)F. The number of hydrogen-bond donors (Lipinski definition) is 1. The molecule has 0 bridgehead atoms. The van der Waals surface area contributed by atoms with Crippen molar-refractivity contribution in [3.8, 4) is 5.75 Å². The number of halogens is 2. The molecule has 0 aliphatic rings. The fraction of sp³-hybridized carbons (Fsp3) is 0.200. The molecule has 106 valence electrons. The first-order valence-electron chi connectivity index (χ1n) is 6.04. The zero-order valence-electron chi connectivity index (χ0n) is 10.6. The molecule has 1 atom stereocenters. The van der Waals surface area contributed by atoms with Gasteiger partial charge in [0.05, 0.1) is 6.61 Å². The summed E-state index contributed by atoms with van der Waals surface area (Å²) >= 11 is 0. The highest BCUT2D eigenvalue weighted by atomic mass is 19.3. The molecule has 2 aromatic carbocycles. The molecule has 0 radical (unpaired) electrons. The average molecular weight is 280 g/mol. The van der Waals surface area contributed by atoms with Crippen molar-refractivity contribution in [3.05, 3.63) is 65.7 Å². The minimum atomic E-state index is -2.95. The molecule has 5 heteroatoms. The summed E-state index contributed by atoms with van der Waals surface area (Å²) < 4.78 is 34.2. The normalized spacial score (nSPS) is 12.4. The molecule has 0 fully saturated rings.